The molecule has 1 fully saturated rings. The number of aliphatic imine (C=N–C) groups is 1. The zero-order valence-corrected chi connectivity index (χ0v) is 13.2. The van der Waals surface area contributed by atoms with Crippen molar-refractivity contribution in [2.24, 2.45) is 4.99 Å². The average molecular weight is 297 g/mol. The van der Waals surface area contributed by atoms with Crippen molar-refractivity contribution in [2.75, 3.05) is 25.4 Å². The summed E-state index contributed by atoms with van der Waals surface area (Å²) in [6.07, 6.45) is 3.75. The van der Waals surface area contributed by atoms with Gasteiger partial charge in [-0.25, -0.2) is 0 Å². The van der Waals surface area contributed by atoms with Crippen LogP contribution in [-0.2, 0) is 6.42 Å². The Hall–Kier alpha value is -0.680. The first-order chi connectivity index (χ1) is 9.38. The molecule has 1 atom stereocenters. The van der Waals surface area contributed by atoms with Crippen LogP contribution in [0, 0.1) is 0 Å². The number of nitrogens with one attached hydrogen (secondary N) is 2. The van der Waals surface area contributed by atoms with Gasteiger partial charge >= 0.3 is 0 Å². The molecule has 0 aromatic carbocycles. The molecule has 2 heterocycles. The summed E-state index contributed by atoms with van der Waals surface area (Å²) >= 11 is 3.88. The molecule has 1 aliphatic rings. The predicted molar refractivity (Wildman–Crippen MR) is 87.5 cm³/mol. The molecule has 19 heavy (non-hydrogen) atoms. The van der Waals surface area contributed by atoms with Crippen LogP contribution in [0.4, 0.5) is 0 Å². The lowest BCUT2D eigenvalue weighted by Crippen LogP contribution is -2.38. The number of thiophene rings is 1. The summed E-state index contributed by atoms with van der Waals surface area (Å²) in [6.45, 7) is 4.92. The maximum Gasteiger partial charge on any atom is 0.191 e. The van der Waals surface area contributed by atoms with Gasteiger partial charge in [-0.3, -0.25) is 4.99 Å². The Morgan fingerprint density at radius 1 is 1.47 bits per heavy atom. The zero-order valence-electron chi connectivity index (χ0n) is 11.5. The van der Waals surface area contributed by atoms with Crippen LogP contribution < -0.4 is 10.6 Å². The molecule has 2 rings (SSSR count). The fraction of sp³-hybridized carbons (Fsp3) is 0.643. The zero-order chi connectivity index (χ0) is 13.3. The van der Waals surface area contributed by atoms with Crippen molar-refractivity contribution in [3.63, 3.8) is 0 Å². The van der Waals surface area contributed by atoms with Crippen LogP contribution in [0.3, 0.4) is 0 Å². The SMILES string of the molecule is CCNC(=NCC1CCCS1)NCCc1cccs1. The second-order valence-electron chi connectivity index (χ2n) is 4.61. The third kappa shape index (κ3) is 5.45. The van der Waals surface area contributed by atoms with Gasteiger partial charge in [0.2, 0.25) is 0 Å². The number of hydrogen-bond acceptors (Lipinski definition) is 3. The summed E-state index contributed by atoms with van der Waals surface area (Å²) in [5.41, 5.74) is 0. The first kappa shape index (κ1) is 14.7. The Morgan fingerprint density at radius 2 is 2.42 bits per heavy atom. The maximum atomic E-state index is 4.69. The van der Waals surface area contributed by atoms with Gasteiger partial charge in [0.1, 0.15) is 0 Å². The molecule has 1 saturated heterocycles. The summed E-state index contributed by atoms with van der Waals surface area (Å²) in [6, 6.07) is 4.29. The van der Waals surface area contributed by atoms with Crippen molar-refractivity contribution in [2.45, 2.75) is 31.4 Å². The Balaban J connectivity index is 1.72. The lowest BCUT2D eigenvalue weighted by Gasteiger charge is -2.12. The van der Waals surface area contributed by atoms with E-state index in [1.165, 1.54) is 23.5 Å². The van der Waals surface area contributed by atoms with Gasteiger partial charge in [0.15, 0.2) is 5.96 Å². The topological polar surface area (TPSA) is 36.4 Å². The molecule has 1 aromatic rings. The Morgan fingerprint density at radius 3 is 3.11 bits per heavy atom. The number of rotatable bonds is 6. The van der Waals surface area contributed by atoms with Crippen molar-refractivity contribution < 1.29 is 0 Å². The van der Waals surface area contributed by atoms with Crippen molar-refractivity contribution in [1.29, 1.82) is 0 Å². The van der Waals surface area contributed by atoms with E-state index in [2.05, 4.69) is 46.8 Å². The molecule has 5 heteroatoms. The molecule has 0 amide bonds. The van der Waals surface area contributed by atoms with Gasteiger partial charge in [-0.1, -0.05) is 6.07 Å². The highest BCUT2D eigenvalue weighted by Crippen LogP contribution is 2.25. The molecule has 1 aliphatic heterocycles. The summed E-state index contributed by atoms with van der Waals surface area (Å²) < 4.78 is 0. The summed E-state index contributed by atoms with van der Waals surface area (Å²) in [7, 11) is 0. The minimum atomic E-state index is 0.729. The average Bonchev–Trinajstić information content (AvgIpc) is 3.09. The van der Waals surface area contributed by atoms with E-state index in [0.29, 0.717) is 0 Å². The Kier molecular flexibility index (Phi) is 6.57. The normalized spacial score (nSPS) is 19.6. The second-order valence-corrected chi connectivity index (χ2v) is 7.05. The number of guanidine groups is 1. The van der Waals surface area contributed by atoms with Crippen LogP contribution in [0.15, 0.2) is 22.5 Å². The van der Waals surface area contributed by atoms with E-state index in [9.17, 15) is 0 Å². The Labute approximate surface area is 124 Å². The van der Waals surface area contributed by atoms with Crippen molar-refractivity contribution in [1.82, 2.24) is 10.6 Å². The molecule has 0 radical (unpaired) electrons. The van der Waals surface area contributed by atoms with Gasteiger partial charge in [0.05, 0.1) is 6.54 Å². The fourth-order valence-corrected chi connectivity index (χ4v) is 3.97. The molecule has 2 N–H and O–H groups in total. The minimum Gasteiger partial charge on any atom is -0.357 e. The first-order valence-corrected chi connectivity index (χ1v) is 8.97. The third-order valence-electron chi connectivity index (χ3n) is 3.07. The van der Waals surface area contributed by atoms with E-state index < -0.39 is 0 Å². The van der Waals surface area contributed by atoms with Crippen molar-refractivity contribution in [3.8, 4) is 0 Å². The van der Waals surface area contributed by atoms with Crippen LogP contribution in [0.5, 0.6) is 0 Å². The van der Waals surface area contributed by atoms with E-state index >= 15 is 0 Å². The number of hydrogen-bond donors (Lipinski definition) is 2. The van der Waals surface area contributed by atoms with Crippen LogP contribution in [0.1, 0.15) is 24.6 Å². The molecule has 1 aromatic heterocycles. The maximum absolute atomic E-state index is 4.69. The highest BCUT2D eigenvalue weighted by Gasteiger charge is 2.14. The van der Waals surface area contributed by atoms with Crippen molar-refractivity contribution >= 4 is 29.1 Å². The van der Waals surface area contributed by atoms with E-state index in [0.717, 1.165) is 37.3 Å². The van der Waals surface area contributed by atoms with E-state index in [1.54, 1.807) is 0 Å². The molecule has 0 saturated carbocycles. The quantitative estimate of drug-likeness (QED) is 0.626. The standard InChI is InChI=1S/C14H23N3S2/c1-2-15-14(17-11-13-6-4-10-19-13)16-8-7-12-5-3-9-18-12/h3,5,9,13H,2,4,6-8,10-11H2,1H3,(H2,15,16,17). The molecular weight excluding hydrogens is 274 g/mol. The van der Waals surface area contributed by atoms with E-state index in [4.69, 9.17) is 4.99 Å². The lowest BCUT2D eigenvalue weighted by molar-refractivity contribution is 0.762. The fourth-order valence-electron chi connectivity index (χ4n) is 2.08. The van der Waals surface area contributed by atoms with Crippen LogP contribution in [-0.4, -0.2) is 36.6 Å². The molecule has 0 spiro atoms. The van der Waals surface area contributed by atoms with E-state index in [-0.39, 0.29) is 0 Å². The van der Waals surface area contributed by atoms with Gasteiger partial charge in [0.25, 0.3) is 0 Å². The highest BCUT2D eigenvalue weighted by atomic mass is 32.2. The number of nitrogens with zero attached hydrogens (tertiary/aromatic N) is 1. The molecule has 106 valence electrons. The smallest absolute Gasteiger partial charge is 0.191 e. The second kappa shape index (κ2) is 8.48. The molecule has 3 nitrogen and oxygen atoms in total. The van der Waals surface area contributed by atoms with E-state index in [1.807, 2.05) is 11.3 Å². The Bertz CT molecular complexity index is 370. The minimum absolute atomic E-state index is 0.729. The largest absolute Gasteiger partial charge is 0.357 e. The van der Waals surface area contributed by atoms with Crippen LogP contribution in [0.2, 0.25) is 0 Å². The molecule has 0 aliphatic carbocycles. The van der Waals surface area contributed by atoms with Crippen molar-refractivity contribution in [3.05, 3.63) is 22.4 Å². The van der Waals surface area contributed by atoms with Gasteiger partial charge in [-0.2, -0.15) is 11.8 Å². The van der Waals surface area contributed by atoms with Crippen LogP contribution >= 0.6 is 23.1 Å². The number of thioether (sulfide) groups is 1. The van der Waals surface area contributed by atoms with Gasteiger partial charge in [-0.05, 0) is 43.4 Å². The first-order valence-electron chi connectivity index (χ1n) is 7.04. The summed E-state index contributed by atoms with van der Waals surface area (Å²) in [5, 5.41) is 9.60. The van der Waals surface area contributed by atoms with Gasteiger partial charge in [0, 0.05) is 23.2 Å². The summed E-state index contributed by atoms with van der Waals surface area (Å²) in [4.78, 5) is 6.12. The molecular formula is C14H23N3S2. The lowest BCUT2D eigenvalue weighted by atomic mass is 10.2. The van der Waals surface area contributed by atoms with Gasteiger partial charge in [-0.15, -0.1) is 11.3 Å². The van der Waals surface area contributed by atoms with Gasteiger partial charge < -0.3 is 10.6 Å². The highest BCUT2D eigenvalue weighted by molar-refractivity contribution is 8.00. The molecule has 1 unspecified atom stereocenters. The molecule has 0 bridgehead atoms. The third-order valence-corrected chi connectivity index (χ3v) is 5.38. The predicted octanol–water partition coefficient (Wildman–Crippen LogP) is 2.74. The monoisotopic (exact) mass is 297 g/mol. The van der Waals surface area contributed by atoms with Crippen LogP contribution in [0.25, 0.3) is 0 Å². The summed E-state index contributed by atoms with van der Waals surface area (Å²) in [5.74, 6) is 2.27.